The lowest BCUT2D eigenvalue weighted by atomic mass is 10.1. The van der Waals surface area contributed by atoms with E-state index in [0.29, 0.717) is 12.4 Å². The second-order valence-electron chi connectivity index (χ2n) is 7.75. The van der Waals surface area contributed by atoms with Crippen LogP contribution in [0.5, 0.6) is 11.6 Å². The highest BCUT2D eigenvalue weighted by Crippen LogP contribution is 2.15. The molecule has 0 saturated heterocycles. The molecule has 158 valence electrons. The molecule has 2 N–H and O–H groups in total. The van der Waals surface area contributed by atoms with Gasteiger partial charge in [-0.1, -0.05) is 18.2 Å². The monoisotopic (exact) mass is 399 g/mol. The van der Waals surface area contributed by atoms with Gasteiger partial charge in [0.2, 0.25) is 5.88 Å². The normalized spacial score (nSPS) is 12.0. The predicted octanol–water partition coefficient (Wildman–Crippen LogP) is 4.48. The van der Waals surface area contributed by atoms with Gasteiger partial charge in [-0.25, -0.2) is 9.78 Å². The molecule has 0 bridgehead atoms. The molecule has 2 aromatic rings. The number of rotatable bonds is 10. The number of urea groups is 1. The molecule has 1 unspecified atom stereocenters. The fraction of sp³-hybridized carbons (Fsp3) is 0.478. The first-order valence-corrected chi connectivity index (χ1v) is 10.2. The van der Waals surface area contributed by atoms with Crippen molar-refractivity contribution in [3.8, 4) is 11.6 Å². The number of benzene rings is 1. The lowest BCUT2D eigenvalue weighted by Crippen LogP contribution is -2.40. The summed E-state index contributed by atoms with van der Waals surface area (Å²) in [4.78, 5) is 16.4. The molecule has 1 aromatic carbocycles. The zero-order chi connectivity index (χ0) is 21.2. The van der Waals surface area contributed by atoms with Gasteiger partial charge in [-0.15, -0.1) is 0 Å². The molecule has 29 heavy (non-hydrogen) atoms. The topological polar surface area (TPSA) is 72.5 Å². The SMILES string of the molecule is CC(CCc1ccc(OC(C)C)cc1)NC(=O)NCc1ccc(OC(C)C)nc1. The van der Waals surface area contributed by atoms with Gasteiger partial charge in [0.25, 0.3) is 0 Å². The summed E-state index contributed by atoms with van der Waals surface area (Å²) in [5.74, 6) is 1.47. The van der Waals surface area contributed by atoms with E-state index in [1.165, 1.54) is 5.56 Å². The number of ether oxygens (including phenoxy) is 2. The number of pyridine rings is 1. The highest BCUT2D eigenvalue weighted by Gasteiger charge is 2.08. The van der Waals surface area contributed by atoms with E-state index >= 15 is 0 Å². The number of aromatic nitrogens is 1. The molecule has 1 heterocycles. The van der Waals surface area contributed by atoms with Gasteiger partial charge >= 0.3 is 6.03 Å². The van der Waals surface area contributed by atoms with Crippen molar-refractivity contribution in [3.05, 3.63) is 53.7 Å². The molecule has 2 amide bonds. The fourth-order valence-corrected chi connectivity index (χ4v) is 2.75. The molecule has 1 atom stereocenters. The number of nitrogens with zero attached hydrogens (tertiary/aromatic N) is 1. The quantitative estimate of drug-likeness (QED) is 0.618. The van der Waals surface area contributed by atoms with Gasteiger partial charge < -0.3 is 20.1 Å². The Balaban J connectivity index is 1.69. The first kappa shape index (κ1) is 22.5. The second-order valence-corrected chi connectivity index (χ2v) is 7.75. The average molecular weight is 400 g/mol. The molecule has 0 aliphatic carbocycles. The number of aryl methyl sites for hydroxylation is 1. The van der Waals surface area contributed by atoms with Crippen LogP contribution in [0, 0.1) is 0 Å². The van der Waals surface area contributed by atoms with Gasteiger partial charge in [0.05, 0.1) is 12.2 Å². The number of carbonyl (C=O) groups excluding carboxylic acids is 1. The van der Waals surface area contributed by atoms with Crippen LogP contribution in [0.4, 0.5) is 4.79 Å². The van der Waals surface area contributed by atoms with Crippen molar-refractivity contribution in [1.82, 2.24) is 15.6 Å². The number of amides is 2. The lowest BCUT2D eigenvalue weighted by molar-refractivity contribution is 0.232. The Hall–Kier alpha value is -2.76. The fourth-order valence-electron chi connectivity index (χ4n) is 2.75. The van der Waals surface area contributed by atoms with E-state index in [4.69, 9.17) is 9.47 Å². The molecule has 0 saturated carbocycles. The molecule has 6 nitrogen and oxygen atoms in total. The van der Waals surface area contributed by atoms with Gasteiger partial charge in [-0.3, -0.25) is 0 Å². The molecule has 2 rings (SSSR count). The molecule has 0 aliphatic heterocycles. The van der Waals surface area contributed by atoms with Crippen LogP contribution in [0.1, 0.15) is 52.2 Å². The Morgan fingerprint density at radius 2 is 1.59 bits per heavy atom. The minimum absolute atomic E-state index is 0.0709. The third kappa shape index (κ3) is 8.85. The Morgan fingerprint density at radius 3 is 2.17 bits per heavy atom. The van der Waals surface area contributed by atoms with Crippen LogP contribution in [0.25, 0.3) is 0 Å². The molecular weight excluding hydrogens is 366 g/mol. The summed E-state index contributed by atoms with van der Waals surface area (Å²) in [6.45, 7) is 10.4. The van der Waals surface area contributed by atoms with E-state index in [1.807, 2.05) is 58.9 Å². The average Bonchev–Trinajstić information content (AvgIpc) is 2.66. The van der Waals surface area contributed by atoms with Crippen molar-refractivity contribution in [2.75, 3.05) is 0 Å². The maximum atomic E-state index is 12.1. The Kier molecular flexibility index (Phi) is 8.77. The van der Waals surface area contributed by atoms with Gasteiger partial charge in [-0.2, -0.15) is 0 Å². The summed E-state index contributed by atoms with van der Waals surface area (Å²) in [5.41, 5.74) is 2.15. The molecule has 0 aliphatic rings. The third-order valence-corrected chi connectivity index (χ3v) is 4.15. The van der Waals surface area contributed by atoms with Gasteiger partial charge in [0, 0.05) is 24.8 Å². The van der Waals surface area contributed by atoms with Crippen LogP contribution in [-0.4, -0.2) is 29.3 Å². The van der Waals surface area contributed by atoms with Crippen LogP contribution >= 0.6 is 0 Å². The van der Waals surface area contributed by atoms with E-state index in [1.54, 1.807) is 6.20 Å². The maximum absolute atomic E-state index is 12.1. The van der Waals surface area contributed by atoms with E-state index < -0.39 is 0 Å². The van der Waals surface area contributed by atoms with E-state index in [9.17, 15) is 4.79 Å². The van der Waals surface area contributed by atoms with Crippen LogP contribution in [-0.2, 0) is 13.0 Å². The second kappa shape index (κ2) is 11.3. The first-order chi connectivity index (χ1) is 13.8. The zero-order valence-electron chi connectivity index (χ0n) is 18.1. The molecule has 6 heteroatoms. The van der Waals surface area contributed by atoms with E-state index in [0.717, 1.165) is 24.2 Å². The lowest BCUT2D eigenvalue weighted by Gasteiger charge is -2.15. The number of carbonyl (C=O) groups is 1. The van der Waals surface area contributed by atoms with Crippen LogP contribution in [0.2, 0.25) is 0 Å². The van der Waals surface area contributed by atoms with Gasteiger partial charge in [0.15, 0.2) is 0 Å². The smallest absolute Gasteiger partial charge is 0.315 e. The first-order valence-electron chi connectivity index (χ1n) is 10.2. The Morgan fingerprint density at radius 1 is 0.931 bits per heavy atom. The van der Waals surface area contributed by atoms with Crippen molar-refractivity contribution in [3.63, 3.8) is 0 Å². The zero-order valence-corrected chi connectivity index (χ0v) is 18.1. The number of nitrogens with one attached hydrogen (secondary N) is 2. The maximum Gasteiger partial charge on any atom is 0.315 e. The minimum Gasteiger partial charge on any atom is -0.491 e. The summed E-state index contributed by atoms with van der Waals surface area (Å²) in [6, 6.07) is 11.7. The van der Waals surface area contributed by atoms with Crippen LogP contribution in [0.3, 0.4) is 0 Å². The summed E-state index contributed by atoms with van der Waals surface area (Å²) in [7, 11) is 0. The highest BCUT2D eigenvalue weighted by atomic mass is 16.5. The van der Waals surface area contributed by atoms with E-state index in [-0.39, 0.29) is 24.3 Å². The summed E-state index contributed by atoms with van der Waals surface area (Å²) in [5, 5.41) is 5.84. The van der Waals surface area contributed by atoms with Gasteiger partial charge in [-0.05, 0) is 70.7 Å². The third-order valence-electron chi connectivity index (χ3n) is 4.15. The molecular formula is C23H33N3O3. The van der Waals surface area contributed by atoms with Gasteiger partial charge in [0.1, 0.15) is 5.75 Å². The van der Waals surface area contributed by atoms with Crippen molar-refractivity contribution >= 4 is 6.03 Å². The summed E-state index contributed by atoms with van der Waals surface area (Å²) < 4.78 is 11.2. The van der Waals surface area contributed by atoms with Crippen molar-refractivity contribution in [1.29, 1.82) is 0 Å². The summed E-state index contributed by atoms with van der Waals surface area (Å²) in [6.07, 6.45) is 3.73. The standard InChI is InChI=1S/C23H33N3O3/c1-16(2)28-21-11-8-19(9-12-21)7-6-18(5)26-23(27)25-15-20-10-13-22(24-14-20)29-17(3)4/h8-14,16-18H,6-7,15H2,1-5H3,(H2,25,26,27). The highest BCUT2D eigenvalue weighted by molar-refractivity contribution is 5.74. The van der Waals surface area contributed by atoms with Crippen LogP contribution in [0.15, 0.2) is 42.6 Å². The Bertz CT molecular complexity index is 743. The number of hydrogen-bond acceptors (Lipinski definition) is 4. The minimum atomic E-state index is -0.180. The molecule has 1 aromatic heterocycles. The number of hydrogen-bond donors (Lipinski definition) is 2. The van der Waals surface area contributed by atoms with Crippen molar-refractivity contribution in [2.24, 2.45) is 0 Å². The van der Waals surface area contributed by atoms with E-state index in [2.05, 4.69) is 27.8 Å². The molecule has 0 spiro atoms. The largest absolute Gasteiger partial charge is 0.491 e. The van der Waals surface area contributed by atoms with Crippen molar-refractivity contribution in [2.45, 2.75) is 72.3 Å². The predicted molar refractivity (Wildman–Crippen MR) is 115 cm³/mol. The Labute approximate surface area is 174 Å². The van der Waals surface area contributed by atoms with Crippen LogP contribution < -0.4 is 20.1 Å². The van der Waals surface area contributed by atoms with Crippen molar-refractivity contribution < 1.29 is 14.3 Å². The molecule has 0 radical (unpaired) electrons. The molecule has 0 fully saturated rings. The summed E-state index contributed by atoms with van der Waals surface area (Å²) >= 11 is 0.